The number of benzene rings is 1. The second kappa shape index (κ2) is 7.20. The van der Waals surface area contributed by atoms with Crippen molar-refractivity contribution in [3.63, 3.8) is 0 Å². The van der Waals surface area contributed by atoms with Crippen LogP contribution in [0.4, 0.5) is 5.69 Å². The van der Waals surface area contributed by atoms with Crippen molar-refractivity contribution < 1.29 is 13.2 Å². The number of aryl methyl sites for hydroxylation is 1. The first kappa shape index (κ1) is 18.0. The summed E-state index contributed by atoms with van der Waals surface area (Å²) in [4.78, 5) is 16.7. The third-order valence-corrected chi connectivity index (χ3v) is 6.35. The highest BCUT2D eigenvalue weighted by Crippen LogP contribution is 2.25. The molecule has 3 rings (SSSR count). The predicted octanol–water partition coefficient (Wildman–Crippen LogP) is 1.65. The van der Waals surface area contributed by atoms with Gasteiger partial charge in [-0.3, -0.25) is 4.79 Å². The summed E-state index contributed by atoms with van der Waals surface area (Å²) in [6.45, 7) is 2.20. The summed E-state index contributed by atoms with van der Waals surface area (Å²) in [6.07, 6.45) is 2.35. The molecule has 1 aliphatic rings. The predicted molar refractivity (Wildman–Crippen MR) is 97.3 cm³/mol. The van der Waals surface area contributed by atoms with Crippen molar-refractivity contribution in [1.29, 1.82) is 0 Å². The molecule has 25 heavy (non-hydrogen) atoms. The standard InChI is InChI=1S/C16H20N4O3S2/c1-10-2-3-12(8-14(10)25(22,23)20-11-4-5-11)18-16(21)13-9-24-15(19-13)6-7-17/h2-3,8-9,11,20H,4-7,17H2,1H3,(H,18,21). The molecule has 134 valence electrons. The first-order valence-electron chi connectivity index (χ1n) is 7.98. The number of carbonyl (C=O) groups is 1. The fourth-order valence-corrected chi connectivity index (χ4v) is 4.67. The fraction of sp³-hybridized carbons (Fsp3) is 0.375. The summed E-state index contributed by atoms with van der Waals surface area (Å²) in [6, 6.07) is 4.86. The lowest BCUT2D eigenvalue weighted by atomic mass is 10.2. The largest absolute Gasteiger partial charge is 0.330 e. The van der Waals surface area contributed by atoms with Crippen molar-refractivity contribution in [2.45, 2.75) is 37.1 Å². The average Bonchev–Trinajstić information content (AvgIpc) is 3.22. The molecule has 4 N–H and O–H groups in total. The summed E-state index contributed by atoms with van der Waals surface area (Å²) >= 11 is 1.38. The smallest absolute Gasteiger partial charge is 0.275 e. The van der Waals surface area contributed by atoms with E-state index in [0.717, 1.165) is 17.8 Å². The molecule has 1 saturated carbocycles. The number of carbonyl (C=O) groups excluding carboxylic acids is 1. The van der Waals surface area contributed by atoms with E-state index in [2.05, 4.69) is 15.0 Å². The average molecular weight is 380 g/mol. The molecule has 1 aromatic heterocycles. The number of nitrogens with two attached hydrogens (primary N) is 1. The van der Waals surface area contributed by atoms with E-state index in [1.165, 1.54) is 17.4 Å². The fourth-order valence-electron chi connectivity index (χ4n) is 2.30. The second-order valence-electron chi connectivity index (χ2n) is 6.00. The van der Waals surface area contributed by atoms with Crippen LogP contribution in [0.5, 0.6) is 0 Å². The van der Waals surface area contributed by atoms with Gasteiger partial charge in [-0.25, -0.2) is 18.1 Å². The van der Waals surface area contributed by atoms with Gasteiger partial charge in [-0.15, -0.1) is 11.3 Å². The van der Waals surface area contributed by atoms with Crippen LogP contribution in [0.3, 0.4) is 0 Å². The summed E-state index contributed by atoms with van der Waals surface area (Å²) in [7, 11) is -3.58. The van der Waals surface area contributed by atoms with E-state index in [4.69, 9.17) is 5.73 Å². The first-order valence-corrected chi connectivity index (χ1v) is 10.3. The summed E-state index contributed by atoms with van der Waals surface area (Å²) in [5, 5.41) is 5.17. The van der Waals surface area contributed by atoms with E-state index in [9.17, 15) is 13.2 Å². The maximum absolute atomic E-state index is 12.4. The molecule has 0 radical (unpaired) electrons. The second-order valence-corrected chi connectivity index (χ2v) is 8.62. The molecular formula is C16H20N4O3S2. The Morgan fingerprint density at radius 2 is 2.16 bits per heavy atom. The molecule has 0 saturated heterocycles. The number of aromatic nitrogens is 1. The minimum Gasteiger partial charge on any atom is -0.330 e. The number of nitrogens with zero attached hydrogens (tertiary/aromatic N) is 1. The van der Waals surface area contributed by atoms with Gasteiger partial charge in [-0.1, -0.05) is 6.07 Å². The first-order chi connectivity index (χ1) is 11.9. The number of nitrogens with one attached hydrogen (secondary N) is 2. The molecule has 1 heterocycles. The molecule has 1 aromatic carbocycles. The van der Waals surface area contributed by atoms with Gasteiger partial charge >= 0.3 is 0 Å². The lowest BCUT2D eigenvalue weighted by Gasteiger charge is -2.11. The van der Waals surface area contributed by atoms with Crippen molar-refractivity contribution in [2.75, 3.05) is 11.9 Å². The van der Waals surface area contributed by atoms with Gasteiger partial charge in [-0.2, -0.15) is 0 Å². The number of hydrogen-bond donors (Lipinski definition) is 3. The topological polar surface area (TPSA) is 114 Å². The third-order valence-electron chi connectivity index (χ3n) is 3.78. The van der Waals surface area contributed by atoms with Crippen LogP contribution in [0.15, 0.2) is 28.5 Å². The number of anilines is 1. The highest BCUT2D eigenvalue weighted by molar-refractivity contribution is 7.89. The van der Waals surface area contributed by atoms with Gasteiger partial charge in [0.25, 0.3) is 5.91 Å². The molecule has 0 bridgehead atoms. The Morgan fingerprint density at radius 1 is 1.40 bits per heavy atom. The summed E-state index contributed by atoms with van der Waals surface area (Å²) in [5.41, 5.74) is 6.83. The highest BCUT2D eigenvalue weighted by Gasteiger charge is 2.29. The van der Waals surface area contributed by atoms with Crippen molar-refractivity contribution in [1.82, 2.24) is 9.71 Å². The lowest BCUT2D eigenvalue weighted by Crippen LogP contribution is -2.26. The zero-order valence-electron chi connectivity index (χ0n) is 13.8. The Bertz CT molecular complexity index is 889. The molecule has 1 amide bonds. The van der Waals surface area contributed by atoms with Crippen LogP contribution < -0.4 is 15.8 Å². The van der Waals surface area contributed by atoms with Gasteiger partial charge in [0.1, 0.15) is 5.69 Å². The minimum absolute atomic E-state index is 0.0265. The van der Waals surface area contributed by atoms with E-state index in [-0.39, 0.29) is 16.8 Å². The van der Waals surface area contributed by atoms with E-state index in [1.807, 2.05) is 0 Å². The number of thiazole rings is 1. The molecule has 0 spiro atoms. The van der Waals surface area contributed by atoms with Crippen LogP contribution in [0.1, 0.15) is 33.9 Å². The van der Waals surface area contributed by atoms with Crippen LogP contribution in [0.25, 0.3) is 0 Å². The normalized spacial score (nSPS) is 14.5. The molecular weight excluding hydrogens is 360 g/mol. The summed E-state index contributed by atoms with van der Waals surface area (Å²) < 4.78 is 27.5. The third kappa shape index (κ3) is 4.43. The van der Waals surface area contributed by atoms with E-state index >= 15 is 0 Å². The Morgan fingerprint density at radius 3 is 2.84 bits per heavy atom. The van der Waals surface area contributed by atoms with Gasteiger partial charge < -0.3 is 11.1 Å². The van der Waals surface area contributed by atoms with Crippen molar-refractivity contribution in [3.8, 4) is 0 Å². The quantitative estimate of drug-likeness (QED) is 0.676. The van der Waals surface area contributed by atoms with Gasteiger partial charge in [0.05, 0.1) is 9.90 Å². The highest BCUT2D eigenvalue weighted by atomic mass is 32.2. The van der Waals surface area contributed by atoms with Gasteiger partial charge in [-0.05, 0) is 44.0 Å². The summed E-state index contributed by atoms with van der Waals surface area (Å²) in [5.74, 6) is -0.373. The Labute approximate surface area is 150 Å². The maximum Gasteiger partial charge on any atom is 0.275 e. The lowest BCUT2D eigenvalue weighted by molar-refractivity contribution is 0.102. The number of sulfonamides is 1. The van der Waals surface area contributed by atoms with Gasteiger partial charge in [0.15, 0.2) is 0 Å². The van der Waals surface area contributed by atoms with Crippen LogP contribution >= 0.6 is 11.3 Å². The Hall–Kier alpha value is -1.81. The number of amides is 1. The molecule has 2 aromatic rings. The SMILES string of the molecule is Cc1ccc(NC(=O)c2csc(CCN)n2)cc1S(=O)(=O)NC1CC1. The van der Waals surface area contributed by atoms with Crippen LogP contribution in [0, 0.1) is 6.92 Å². The Kier molecular flexibility index (Phi) is 5.19. The molecule has 1 aliphatic carbocycles. The van der Waals surface area contributed by atoms with Crippen LogP contribution in [-0.2, 0) is 16.4 Å². The van der Waals surface area contributed by atoms with Crippen molar-refractivity contribution >= 4 is 33.0 Å². The number of rotatable bonds is 7. The number of hydrogen-bond acceptors (Lipinski definition) is 6. The van der Waals surface area contributed by atoms with Crippen LogP contribution in [-0.4, -0.2) is 31.9 Å². The van der Waals surface area contributed by atoms with Crippen molar-refractivity contribution in [2.24, 2.45) is 5.73 Å². The molecule has 9 heteroatoms. The van der Waals surface area contributed by atoms with E-state index in [1.54, 1.807) is 24.4 Å². The van der Waals surface area contributed by atoms with E-state index < -0.39 is 10.0 Å². The van der Waals surface area contributed by atoms with Crippen molar-refractivity contribution in [3.05, 3.63) is 39.8 Å². The Balaban J connectivity index is 1.78. The molecule has 1 fully saturated rings. The van der Waals surface area contributed by atoms with Gasteiger partial charge in [0.2, 0.25) is 10.0 Å². The van der Waals surface area contributed by atoms with Crippen LogP contribution in [0.2, 0.25) is 0 Å². The molecule has 0 unspecified atom stereocenters. The van der Waals surface area contributed by atoms with Gasteiger partial charge in [0, 0.05) is 23.5 Å². The molecule has 0 atom stereocenters. The zero-order valence-corrected chi connectivity index (χ0v) is 15.4. The molecule has 0 aliphatic heterocycles. The molecule has 7 nitrogen and oxygen atoms in total. The minimum atomic E-state index is -3.58. The zero-order chi connectivity index (χ0) is 18.0. The maximum atomic E-state index is 12.4. The monoisotopic (exact) mass is 380 g/mol. The van der Waals surface area contributed by atoms with E-state index in [0.29, 0.717) is 29.9 Å².